The first-order valence-corrected chi connectivity index (χ1v) is 5.66. The molecule has 0 atom stereocenters. The molecule has 0 unspecified atom stereocenters. The van der Waals surface area contributed by atoms with Gasteiger partial charge < -0.3 is 10.5 Å². The molecular formula is C9H15F4N5O. The van der Waals surface area contributed by atoms with Gasteiger partial charge in [-0.05, 0) is 29.8 Å². The SMILES string of the molecule is NCCCCn1nnnc1COCC(F)(F)C(F)F. The molecule has 0 bridgehead atoms. The highest BCUT2D eigenvalue weighted by Gasteiger charge is 2.41. The average molecular weight is 285 g/mol. The van der Waals surface area contributed by atoms with E-state index in [1.54, 1.807) is 0 Å². The number of rotatable bonds is 9. The van der Waals surface area contributed by atoms with Gasteiger partial charge in [0.1, 0.15) is 13.2 Å². The summed E-state index contributed by atoms with van der Waals surface area (Å²) >= 11 is 0. The van der Waals surface area contributed by atoms with E-state index in [9.17, 15) is 17.6 Å². The maximum Gasteiger partial charge on any atom is 0.330 e. The summed E-state index contributed by atoms with van der Waals surface area (Å²) < 4.78 is 54.8. The Morgan fingerprint density at radius 3 is 2.68 bits per heavy atom. The van der Waals surface area contributed by atoms with Gasteiger partial charge in [-0.3, -0.25) is 0 Å². The summed E-state index contributed by atoms with van der Waals surface area (Å²) in [5.74, 6) is -3.96. The Bertz CT molecular complexity index is 373. The molecule has 0 saturated heterocycles. The zero-order valence-corrected chi connectivity index (χ0v) is 10.1. The molecule has 0 amide bonds. The summed E-state index contributed by atoms with van der Waals surface area (Å²) in [6, 6.07) is 0. The highest BCUT2D eigenvalue weighted by atomic mass is 19.3. The van der Waals surface area contributed by atoms with Crippen LogP contribution in [0.4, 0.5) is 17.6 Å². The lowest BCUT2D eigenvalue weighted by Crippen LogP contribution is -2.32. The zero-order valence-electron chi connectivity index (χ0n) is 10.1. The van der Waals surface area contributed by atoms with E-state index in [0.717, 1.165) is 12.8 Å². The molecular weight excluding hydrogens is 270 g/mol. The number of halogens is 4. The third-order valence-corrected chi connectivity index (χ3v) is 2.28. The molecule has 0 radical (unpaired) electrons. The van der Waals surface area contributed by atoms with Crippen molar-refractivity contribution < 1.29 is 22.3 Å². The number of nitrogens with zero attached hydrogens (tertiary/aromatic N) is 4. The molecule has 1 aromatic rings. The van der Waals surface area contributed by atoms with E-state index < -0.39 is 19.0 Å². The highest BCUT2D eigenvalue weighted by molar-refractivity contribution is 4.78. The van der Waals surface area contributed by atoms with Gasteiger partial charge in [0.05, 0.1) is 0 Å². The quantitative estimate of drug-likeness (QED) is 0.537. The predicted molar refractivity (Wildman–Crippen MR) is 56.7 cm³/mol. The molecule has 0 aliphatic heterocycles. The lowest BCUT2D eigenvalue weighted by Gasteiger charge is -2.14. The molecule has 0 aromatic carbocycles. The molecule has 110 valence electrons. The minimum absolute atomic E-state index is 0.210. The molecule has 0 aliphatic rings. The molecule has 0 spiro atoms. The predicted octanol–water partition coefficient (Wildman–Crippen LogP) is 0.829. The van der Waals surface area contributed by atoms with E-state index >= 15 is 0 Å². The highest BCUT2D eigenvalue weighted by Crippen LogP contribution is 2.23. The number of nitrogens with two attached hydrogens (primary N) is 1. The summed E-state index contributed by atoms with van der Waals surface area (Å²) in [5, 5.41) is 10.6. The van der Waals surface area contributed by atoms with Crippen molar-refractivity contribution in [3.8, 4) is 0 Å². The lowest BCUT2D eigenvalue weighted by atomic mass is 10.3. The van der Waals surface area contributed by atoms with E-state index in [2.05, 4.69) is 20.3 Å². The minimum Gasteiger partial charge on any atom is -0.367 e. The largest absolute Gasteiger partial charge is 0.367 e. The minimum atomic E-state index is -4.17. The summed E-state index contributed by atoms with van der Waals surface area (Å²) in [4.78, 5) is 0. The maximum atomic E-state index is 12.6. The molecule has 1 heterocycles. The summed E-state index contributed by atoms with van der Waals surface area (Å²) in [5.41, 5.74) is 5.32. The molecule has 0 fully saturated rings. The van der Waals surface area contributed by atoms with Crippen LogP contribution in [0.25, 0.3) is 0 Å². The first-order chi connectivity index (χ1) is 8.97. The Morgan fingerprint density at radius 1 is 1.32 bits per heavy atom. The van der Waals surface area contributed by atoms with Gasteiger partial charge in [0.2, 0.25) is 0 Å². The average Bonchev–Trinajstić information content (AvgIpc) is 2.77. The molecule has 1 aromatic heterocycles. The van der Waals surface area contributed by atoms with E-state index in [0.29, 0.717) is 13.1 Å². The van der Waals surface area contributed by atoms with Crippen molar-refractivity contribution in [2.24, 2.45) is 5.73 Å². The summed E-state index contributed by atoms with van der Waals surface area (Å²) in [6.07, 6.45) is -2.27. The second-order valence-electron chi connectivity index (χ2n) is 3.87. The number of tetrazole rings is 1. The van der Waals surface area contributed by atoms with Crippen LogP contribution >= 0.6 is 0 Å². The van der Waals surface area contributed by atoms with Crippen LogP contribution in [-0.4, -0.2) is 45.7 Å². The van der Waals surface area contributed by atoms with Gasteiger partial charge in [0.15, 0.2) is 5.82 Å². The topological polar surface area (TPSA) is 78.9 Å². The van der Waals surface area contributed by atoms with Gasteiger partial charge in [0.25, 0.3) is 0 Å². The molecule has 1 rings (SSSR count). The molecule has 10 heteroatoms. The van der Waals surface area contributed by atoms with Crippen LogP contribution in [0.15, 0.2) is 0 Å². The Hall–Kier alpha value is -1.29. The van der Waals surface area contributed by atoms with Crippen molar-refractivity contribution in [2.75, 3.05) is 13.2 Å². The standard InChI is InChI=1S/C9H15F4N5O/c10-8(11)9(12,13)6-19-5-7-15-16-17-18(7)4-2-1-3-14/h8H,1-6,14H2. The third-order valence-electron chi connectivity index (χ3n) is 2.28. The van der Waals surface area contributed by atoms with Crippen LogP contribution in [0.1, 0.15) is 18.7 Å². The van der Waals surface area contributed by atoms with Gasteiger partial charge in [-0.15, -0.1) is 5.10 Å². The Labute approximate surface area is 106 Å². The van der Waals surface area contributed by atoms with E-state index in [4.69, 9.17) is 5.73 Å². The van der Waals surface area contributed by atoms with Crippen molar-refractivity contribution in [1.82, 2.24) is 20.2 Å². The monoisotopic (exact) mass is 285 g/mol. The Morgan fingerprint density at radius 2 is 2.05 bits per heavy atom. The Balaban J connectivity index is 2.39. The number of aryl methyl sites for hydroxylation is 1. The Kier molecular flexibility index (Phi) is 6.09. The fraction of sp³-hybridized carbons (Fsp3) is 0.889. The molecule has 0 saturated carbocycles. The fourth-order valence-corrected chi connectivity index (χ4v) is 1.25. The molecule has 19 heavy (non-hydrogen) atoms. The van der Waals surface area contributed by atoms with Gasteiger partial charge in [-0.2, -0.15) is 8.78 Å². The number of hydrogen-bond donors (Lipinski definition) is 1. The first kappa shape index (κ1) is 15.8. The smallest absolute Gasteiger partial charge is 0.330 e. The zero-order chi connectivity index (χ0) is 14.3. The summed E-state index contributed by atoms with van der Waals surface area (Å²) in [6.45, 7) is -0.735. The third kappa shape index (κ3) is 5.07. The first-order valence-electron chi connectivity index (χ1n) is 5.66. The lowest BCUT2D eigenvalue weighted by molar-refractivity contribution is -0.168. The van der Waals surface area contributed by atoms with Crippen molar-refractivity contribution in [3.63, 3.8) is 0 Å². The van der Waals surface area contributed by atoms with Crippen LogP contribution in [0, 0.1) is 0 Å². The van der Waals surface area contributed by atoms with Crippen molar-refractivity contribution >= 4 is 0 Å². The molecule has 6 nitrogen and oxygen atoms in total. The van der Waals surface area contributed by atoms with Crippen LogP contribution in [0.2, 0.25) is 0 Å². The van der Waals surface area contributed by atoms with Crippen LogP contribution in [-0.2, 0) is 17.9 Å². The van der Waals surface area contributed by atoms with Gasteiger partial charge >= 0.3 is 12.3 Å². The van der Waals surface area contributed by atoms with E-state index in [-0.39, 0.29) is 12.4 Å². The second kappa shape index (κ2) is 7.34. The van der Waals surface area contributed by atoms with Crippen LogP contribution < -0.4 is 5.73 Å². The van der Waals surface area contributed by atoms with E-state index in [1.165, 1.54) is 4.68 Å². The van der Waals surface area contributed by atoms with Crippen LogP contribution in [0.3, 0.4) is 0 Å². The number of alkyl halides is 4. The maximum absolute atomic E-state index is 12.6. The van der Waals surface area contributed by atoms with Gasteiger partial charge in [-0.1, -0.05) is 0 Å². The second-order valence-corrected chi connectivity index (χ2v) is 3.87. The normalized spacial score (nSPS) is 12.3. The number of ether oxygens (including phenoxy) is 1. The molecule has 2 N–H and O–H groups in total. The fourth-order valence-electron chi connectivity index (χ4n) is 1.25. The van der Waals surface area contributed by atoms with Crippen LogP contribution in [0.5, 0.6) is 0 Å². The van der Waals surface area contributed by atoms with Gasteiger partial charge in [-0.25, -0.2) is 13.5 Å². The number of hydrogen-bond acceptors (Lipinski definition) is 5. The number of aromatic nitrogens is 4. The van der Waals surface area contributed by atoms with Crippen molar-refractivity contribution in [3.05, 3.63) is 5.82 Å². The molecule has 0 aliphatic carbocycles. The van der Waals surface area contributed by atoms with Crippen molar-refractivity contribution in [1.29, 1.82) is 0 Å². The van der Waals surface area contributed by atoms with E-state index in [1.807, 2.05) is 0 Å². The van der Waals surface area contributed by atoms with Crippen molar-refractivity contribution in [2.45, 2.75) is 38.3 Å². The van der Waals surface area contributed by atoms with Gasteiger partial charge in [0, 0.05) is 6.54 Å². The number of unbranched alkanes of at least 4 members (excludes halogenated alkanes) is 1. The summed E-state index contributed by atoms with van der Waals surface area (Å²) in [7, 11) is 0.